The minimum absolute atomic E-state index is 0.0283. The number of benzene rings is 2. The zero-order valence-electron chi connectivity index (χ0n) is 12.2. The van der Waals surface area contributed by atoms with Crippen LogP contribution in [-0.4, -0.2) is 27.1 Å². The summed E-state index contributed by atoms with van der Waals surface area (Å²) in [6.45, 7) is 4.29. The molecule has 21 heavy (non-hydrogen) atoms. The summed E-state index contributed by atoms with van der Waals surface area (Å²) in [6.07, 6.45) is 0. The molecule has 0 aromatic heterocycles. The highest BCUT2D eigenvalue weighted by atomic mass is 16.3. The van der Waals surface area contributed by atoms with Gasteiger partial charge in [0.05, 0.1) is 5.56 Å². The van der Waals surface area contributed by atoms with E-state index in [0.717, 1.165) is 5.56 Å². The van der Waals surface area contributed by atoms with Crippen LogP contribution in [0.25, 0.3) is 0 Å². The van der Waals surface area contributed by atoms with Gasteiger partial charge in [0.2, 0.25) is 0 Å². The number of hydrogen-bond acceptors (Lipinski definition) is 3. The Morgan fingerprint density at radius 1 is 1.05 bits per heavy atom. The van der Waals surface area contributed by atoms with Crippen molar-refractivity contribution in [1.82, 2.24) is 4.90 Å². The van der Waals surface area contributed by atoms with Gasteiger partial charge < -0.3 is 15.1 Å². The van der Waals surface area contributed by atoms with Crippen LogP contribution in [0.4, 0.5) is 0 Å². The molecule has 0 heterocycles. The fourth-order valence-electron chi connectivity index (χ4n) is 2.13. The van der Waals surface area contributed by atoms with Gasteiger partial charge in [0, 0.05) is 12.6 Å². The second-order valence-electron chi connectivity index (χ2n) is 5.19. The average Bonchev–Trinajstić information content (AvgIpc) is 2.48. The van der Waals surface area contributed by atoms with Gasteiger partial charge in [-0.2, -0.15) is 0 Å². The highest BCUT2D eigenvalue weighted by molar-refractivity contribution is 5.97. The lowest BCUT2D eigenvalue weighted by molar-refractivity contribution is 0.0686. The normalized spacial score (nSPS) is 10.6. The molecule has 2 aromatic carbocycles. The summed E-state index contributed by atoms with van der Waals surface area (Å²) < 4.78 is 0. The lowest BCUT2D eigenvalue weighted by Crippen LogP contribution is -2.36. The quantitative estimate of drug-likeness (QED) is 0.848. The summed E-state index contributed by atoms with van der Waals surface area (Å²) in [4.78, 5) is 14.3. The fraction of sp³-hybridized carbons (Fsp3) is 0.235. The van der Waals surface area contributed by atoms with Crippen LogP contribution in [0.3, 0.4) is 0 Å². The molecule has 0 atom stereocenters. The Balaban J connectivity index is 2.30. The fourth-order valence-corrected chi connectivity index (χ4v) is 2.13. The zero-order valence-corrected chi connectivity index (χ0v) is 12.2. The van der Waals surface area contributed by atoms with E-state index in [1.807, 2.05) is 44.2 Å². The molecule has 0 spiro atoms. The predicted molar refractivity (Wildman–Crippen MR) is 81.2 cm³/mol. The van der Waals surface area contributed by atoms with E-state index in [1.54, 1.807) is 11.0 Å². The van der Waals surface area contributed by atoms with E-state index in [9.17, 15) is 15.0 Å². The summed E-state index contributed by atoms with van der Waals surface area (Å²) in [5.74, 6) is -0.965. The first-order valence-corrected chi connectivity index (χ1v) is 6.86. The molecule has 4 heteroatoms. The van der Waals surface area contributed by atoms with Gasteiger partial charge in [0.15, 0.2) is 11.5 Å². The largest absolute Gasteiger partial charge is 0.504 e. The molecule has 0 aliphatic rings. The van der Waals surface area contributed by atoms with E-state index in [-0.39, 0.29) is 29.0 Å². The molecule has 2 aromatic rings. The van der Waals surface area contributed by atoms with E-state index < -0.39 is 0 Å². The van der Waals surface area contributed by atoms with E-state index >= 15 is 0 Å². The molecule has 0 bridgehead atoms. The number of nitrogens with zero attached hydrogens (tertiary/aromatic N) is 1. The predicted octanol–water partition coefficient (Wildman–Crippen LogP) is 3.15. The van der Waals surface area contributed by atoms with Gasteiger partial charge in [-0.1, -0.05) is 36.4 Å². The average molecular weight is 285 g/mol. The van der Waals surface area contributed by atoms with Crippen molar-refractivity contribution in [3.63, 3.8) is 0 Å². The number of aromatic hydroxyl groups is 2. The molecule has 0 unspecified atom stereocenters. The van der Waals surface area contributed by atoms with Crippen LogP contribution < -0.4 is 0 Å². The SMILES string of the molecule is CC(C)N(Cc1ccccc1)C(=O)c1cccc(O)c1O. The standard InChI is InChI=1S/C17H19NO3/c1-12(2)18(11-13-7-4-3-5-8-13)17(21)14-9-6-10-15(19)16(14)20/h3-10,12,19-20H,11H2,1-2H3. The third kappa shape index (κ3) is 3.34. The highest BCUT2D eigenvalue weighted by Gasteiger charge is 2.22. The summed E-state index contributed by atoms with van der Waals surface area (Å²) in [6, 6.07) is 14.0. The Morgan fingerprint density at radius 3 is 2.33 bits per heavy atom. The van der Waals surface area contributed by atoms with Gasteiger partial charge in [-0.3, -0.25) is 4.79 Å². The van der Waals surface area contributed by atoms with E-state index in [2.05, 4.69) is 0 Å². The molecule has 110 valence electrons. The van der Waals surface area contributed by atoms with Crippen LogP contribution in [0.2, 0.25) is 0 Å². The summed E-state index contributed by atoms with van der Waals surface area (Å²) >= 11 is 0. The van der Waals surface area contributed by atoms with Crippen molar-refractivity contribution >= 4 is 5.91 Å². The first-order chi connectivity index (χ1) is 10.0. The van der Waals surface area contributed by atoms with Gasteiger partial charge >= 0.3 is 0 Å². The van der Waals surface area contributed by atoms with Crippen LogP contribution >= 0.6 is 0 Å². The highest BCUT2D eigenvalue weighted by Crippen LogP contribution is 2.29. The smallest absolute Gasteiger partial charge is 0.258 e. The van der Waals surface area contributed by atoms with Gasteiger partial charge in [-0.05, 0) is 31.5 Å². The van der Waals surface area contributed by atoms with Crippen molar-refractivity contribution < 1.29 is 15.0 Å². The number of carbonyl (C=O) groups excluding carboxylic acids is 1. The van der Waals surface area contributed by atoms with Crippen molar-refractivity contribution in [2.75, 3.05) is 0 Å². The van der Waals surface area contributed by atoms with Gasteiger partial charge in [0.1, 0.15) is 0 Å². The molecule has 0 saturated heterocycles. The monoisotopic (exact) mass is 285 g/mol. The van der Waals surface area contributed by atoms with Crippen LogP contribution in [0, 0.1) is 0 Å². The van der Waals surface area contributed by atoms with Crippen LogP contribution in [0.1, 0.15) is 29.8 Å². The maximum absolute atomic E-state index is 12.6. The number of phenolic OH excluding ortho intramolecular Hbond substituents is 2. The number of para-hydroxylation sites is 1. The third-order valence-electron chi connectivity index (χ3n) is 3.33. The van der Waals surface area contributed by atoms with Crippen molar-refractivity contribution in [3.05, 3.63) is 59.7 Å². The van der Waals surface area contributed by atoms with Gasteiger partial charge in [-0.15, -0.1) is 0 Å². The van der Waals surface area contributed by atoms with Crippen LogP contribution in [-0.2, 0) is 6.54 Å². The van der Waals surface area contributed by atoms with Crippen molar-refractivity contribution in [3.8, 4) is 11.5 Å². The molecule has 0 radical (unpaired) electrons. The molecular weight excluding hydrogens is 266 g/mol. The maximum atomic E-state index is 12.6. The minimum atomic E-state index is -0.374. The molecule has 2 rings (SSSR count). The first-order valence-electron chi connectivity index (χ1n) is 6.86. The number of rotatable bonds is 4. The molecule has 4 nitrogen and oxygen atoms in total. The maximum Gasteiger partial charge on any atom is 0.258 e. The van der Waals surface area contributed by atoms with Crippen LogP contribution in [0.5, 0.6) is 11.5 Å². The number of hydrogen-bond donors (Lipinski definition) is 2. The van der Waals surface area contributed by atoms with E-state index in [1.165, 1.54) is 12.1 Å². The van der Waals surface area contributed by atoms with Gasteiger partial charge in [-0.25, -0.2) is 0 Å². The second kappa shape index (κ2) is 6.31. The Morgan fingerprint density at radius 2 is 1.71 bits per heavy atom. The number of phenols is 2. The topological polar surface area (TPSA) is 60.8 Å². The summed E-state index contributed by atoms with van der Waals surface area (Å²) in [7, 11) is 0. The second-order valence-corrected chi connectivity index (χ2v) is 5.19. The lowest BCUT2D eigenvalue weighted by atomic mass is 10.1. The van der Waals surface area contributed by atoms with Crippen molar-refractivity contribution in [1.29, 1.82) is 0 Å². The molecule has 0 saturated carbocycles. The molecule has 1 amide bonds. The number of carbonyl (C=O) groups is 1. The Labute approximate surface area is 124 Å². The minimum Gasteiger partial charge on any atom is -0.504 e. The van der Waals surface area contributed by atoms with Crippen LogP contribution in [0.15, 0.2) is 48.5 Å². The Kier molecular flexibility index (Phi) is 4.48. The molecule has 0 aliphatic heterocycles. The summed E-state index contributed by atoms with van der Waals surface area (Å²) in [5, 5.41) is 19.4. The van der Waals surface area contributed by atoms with Crippen molar-refractivity contribution in [2.24, 2.45) is 0 Å². The third-order valence-corrected chi connectivity index (χ3v) is 3.33. The van der Waals surface area contributed by atoms with E-state index in [4.69, 9.17) is 0 Å². The van der Waals surface area contributed by atoms with Gasteiger partial charge in [0.25, 0.3) is 5.91 Å². The Hall–Kier alpha value is -2.49. The molecular formula is C17H19NO3. The molecule has 2 N–H and O–H groups in total. The lowest BCUT2D eigenvalue weighted by Gasteiger charge is -2.27. The number of amides is 1. The first kappa shape index (κ1) is 14.9. The summed E-state index contributed by atoms with van der Waals surface area (Å²) in [5.41, 5.74) is 1.12. The zero-order chi connectivity index (χ0) is 15.4. The Bertz CT molecular complexity index is 623. The molecule has 0 fully saturated rings. The van der Waals surface area contributed by atoms with Crippen molar-refractivity contribution in [2.45, 2.75) is 26.4 Å². The van der Waals surface area contributed by atoms with E-state index in [0.29, 0.717) is 6.54 Å². The molecule has 0 aliphatic carbocycles.